The quantitative estimate of drug-likeness (QED) is 0.732. The highest BCUT2D eigenvalue weighted by Gasteiger charge is 2.63. The number of hydrogen-bond donors (Lipinski definition) is 1. The summed E-state index contributed by atoms with van der Waals surface area (Å²) in [5.41, 5.74) is -0.0271. The van der Waals surface area contributed by atoms with E-state index in [1.54, 1.807) is 0 Å². The second kappa shape index (κ2) is 5.31. The first-order valence-electron chi connectivity index (χ1n) is 9.91. The topological polar surface area (TPSA) is 61.1 Å². The van der Waals surface area contributed by atoms with Crippen molar-refractivity contribution in [2.75, 3.05) is 0 Å². The molecule has 3 heteroatoms. The third kappa shape index (κ3) is 2.02. The minimum absolute atomic E-state index is 0.0602. The van der Waals surface area contributed by atoms with E-state index >= 15 is 0 Å². The van der Waals surface area contributed by atoms with Gasteiger partial charge in [0, 0.05) is 12.3 Å². The van der Waals surface area contributed by atoms with E-state index in [1.165, 1.54) is 0 Å². The molecule has 0 aliphatic heterocycles. The minimum atomic E-state index is -0.196. The van der Waals surface area contributed by atoms with Crippen LogP contribution in [0.25, 0.3) is 0 Å². The van der Waals surface area contributed by atoms with Gasteiger partial charge in [-0.1, -0.05) is 20.8 Å². The highest BCUT2D eigenvalue weighted by molar-refractivity contribution is 5.84. The predicted octanol–water partition coefficient (Wildman–Crippen LogP) is 3.95. The number of nitrogens with zero attached hydrogens (tertiary/aromatic N) is 1. The van der Waals surface area contributed by atoms with Gasteiger partial charge in [0.05, 0.1) is 18.1 Å². The fourth-order valence-electron chi connectivity index (χ4n) is 7.63. The van der Waals surface area contributed by atoms with Crippen LogP contribution in [0, 0.1) is 57.7 Å². The fourth-order valence-corrected chi connectivity index (χ4v) is 7.63. The summed E-state index contributed by atoms with van der Waals surface area (Å²) in [4.78, 5) is 13.3. The van der Waals surface area contributed by atoms with E-state index < -0.39 is 0 Å². The number of carbonyl (C=O) groups excluding carboxylic acids is 1. The van der Waals surface area contributed by atoms with Crippen molar-refractivity contribution >= 4 is 5.78 Å². The van der Waals surface area contributed by atoms with Gasteiger partial charge in [-0.25, -0.2) is 0 Å². The molecule has 0 spiro atoms. The van der Waals surface area contributed by atoms with Crippen LogP contribution in [0.1, 0.15) is 65.7 Å². The average Bonchev–Trinajstić information content (AvgIpc) is 2.84. The van der Waals surface area contributed by atoms with E-state index in [0.717, 1.165) is 38.5 Å². The normalized spacial score (nSPS) is 56.8. The van der Waals surface area contributed by atoms with Crippen LogP contribution in [0.15, 0.2) is 0 Å². The summed E-state index contributed by atoms with van der Waals surface area (Å²) in [5.74, 6) is 2.46. The summed E-state index contributed by atoms with van der Waals surface area (Å²) in [6.45, 7) is 6.71. The lowest BCUT2D eigenvalue weighted by atomic mass is 9.43. The molecule has 132 valence electrons. The molecule has 0 heterocycles. The molecule has 0 aromatic rings. The molecule has 0 aromatic heterocycles. The molecule has 0 radical (unpaired) electrons. The molecule has 0 amide bonds. The summed E-state index contributed by atoms with van der Waals surface area (Å²) in [5, 5.41) is 19.9. The van der Waals surface area contributed by atoms with E-state index in [1.807, 2.05) is 0 Å². The smallest absolute Gasteiger partial charge is 0.137 e. The average molecular weight is 329 g/mol. The SMILES string of the molecule is CC1CC2(C)C(CCC3C4CCC(C#N)C4(C)CC(=O)C32)CC1O. The second-order valence-corrected chi connectivity index (χ2v) is 9.92. The number of hydrogen-bond acceptors (Lipinski definition) is 3. The van der Waals surface area contributed by atoms with Crippen molar-refractivity contribution in [1.82, 2.24) is 0 Å². The Morgan fingerprint density at radius 2 is 1.92 bits per heavy atom. The molecule has 4 aliphatic rings. The molecule has 9 unspecified atom stereocenters. The first kappa shape index (κ1) is 16.6. The summed E-state index contributed by atoms with van der Waals surface area (Å²) >= 11 is 0. The van der Waals surface area contributed by atoms with Crippen molar-refractivity contribution in [3.05, 3.63) is 0 Å². The van der Waals surface area contributed by atoms with Gasteiger partial charge in [0.25, 0.3) is 0 Å². The lowest BCUT2D eigenvalue weighted by molar-refractivity contribution is -0.164. The Balaban J connectivity index is 1.70. The van der Waals surface area contributed by atoms with Crippen LogP contribution in [0.5, 0.6) is 0 Å². The molecular weight excluding hydrogens is 298 g/mol. The number of ketones is 1. The maximum absolute atomic E-state index is 13.3. The molecule has 0 aromatic carbocycles. The Morgan fingerprint density at radius 3 is 2.62 bits per heavy atom. The summed E-state index contributed by atoms with van der Waals surface area (Å²) in [6, 6.07) is 2.51. The Bertz CT molecular complexity index is 595. The van der Waals surface area contributed by atoms with E-state index in [0.29, 0.717) is 35.9 Å². The summed E-state index contributed by atoms with van der Waals surface area (Å²) in [6.07, 6.45) is 6.64. The van der Waals surface area contributed by atoms with Gasteiger partial charge in [-0.3, -0.25) is 4.79 Å². The summed E-state index contributed by atoms with van der Waals surface area (Å²) < 4.78 is 0. The van der Waals surface area contributed by atoms with Crippen molar-refractivity contribution in [3.8, 4) is 6.07 Å². The molecule has 4 rings (SSSR count). The summed E-state index contributed by atoms with van der Waals surface area (Å²) in [7, 11) is 0. The van der Waals surface area contributed by atoms with Crippen LogP contribution in [0.4, 0.5) is 0 Å². The number of aliphatic hydroxyl groups is 1. The van der Waals surface area contributed by atoms with Crippen molar-refractivity contribution in [2.45, 2.75) is 71.8 Å². The third-order valence-corrected chi connectivity index (χ3v) is 8.85. The maximum atomic E-state index is 13.3. The molecule has 3 nitrogen and oxygen atoms in total. The molecule has 24 heavy (non-hydrogen) atoms. The Labute approximate surface area is 145 Å². The van der Waals surface area contributed by atoms with Gasteiger partial charge in [-0.15, -0.1) is 0 Å². The van der Waals surface area contributed by atoms with Gasteiger partial charge < -0.3 is 5.11 Å². The Kier molecular flexibility index (Phi) is 3.67. The molecule has 4 aliphatic carbocycles. The molecule has 4 saturated carbocycles. The van der Waals surface area contributed by atoms with E-state index in [-0.39, 0.29) is 28.8 Å². The molecule has 4 fully saturated rings. The number of nitriles is 1. The van der Waals surface area contributed by atoms with Crippen LogP contribution in [0.2, 0.25) is 0 Å². The van der Waals surface area contributed by atoms with Gasteiger partial charge >= 0.3 is 0 Å². The van der Waals surface area contributed by atoms with Crippen molar-refractivity contribution < 1.29 is 9.90 Å². The first-order chi connectivity index (χ1) is 11.3. The maximum Gasteiger partial charge on any atom is 0.137 e. The first-order valence-corrected chi connectivity index (χ1v) is 9.91. The zero-order chi connectivity index (χ0) is 17.3. The Hall–Kier alpha value is -0.880. The predicted molar refractivity (Wildman–Crippen MR) is 91.8 cm³/mol. The monoisotopic (exact) mass is 329 g/mol. The molecule has 0 bridgehead atoms. The standard InChI is InChI=1S/C21H31NO2/c1-12-9-21(3)13(8-17(12)23)4-6-15-16-7-5-14(11-22)20(16,2)10-18(24)19(15)21/h12-17,19,23H,4-10H2,1-3H3. The van der Waals surface area contributed by atoms with Gasteiger partial charge in [0.2, 0.25) is 0 Å². The van der Waals surface area contributed by atoms with E-state index in [4.69, 9.17) is 0 Å². The Morgan fingerprint density at radius 1 is 1.17 bits per heavy atom. The lowest BCUT2D eigenvalue weighted by Crippen LogP contribution is -2.58. The van der Waals surface area contributed by atoms with Crippen LogP contribution in [0.3, 0.4) is 0 Å². The zero-order valence-corrected chi connectivity index (χ0v) is 15.3. The molecule has 1 N–H and O–H groups in total. The fraction of sp³-hybridized carbons (Fsp3) is 0.905. The van der Waals surface area contributed by atoms with Gasteiger partial charge in [0.15, 0.2) is 0 Å². The van der Waals surface area contributed by atoms with Crippen LogP contribution in [-0.2, 0) is 4.79 Å². The molecule has 0 saturated heterocycles. The molecule has 9 atom stereocenters. The van der Waals surface area contributed by atoms with Crippen LogP contribution >= 0.6 is 0 Å². The lowest BCUT2D eigenvalue weighted by Gasteiger charge is -2.60. The van der Waals surface area contributed by atoms with Gasteiger partial charge in [-0.2, -0.15) is 5.26 Å². The minimum Gasteiger partial charge on any atom is -0.393 e. The highest BCUT2D eigenvalue weighted by Crippen LogP contribution is 2.66. The van der Waals surface area contributed by atoms with E-state index in [9.17, 15) is 15.2 Å². The van der Waals surface area contributed by atoms with E-state index in [2.05, 4.69) is 26.8 Å². The van der Waals surface area contributed by atoms with Crippen LogP contribution in [-0.4, -0.2) is 17.0 Å². The number of Topliss-reactive ketones (excluding diaryl/α,β-unsaturated/α-hetero) is 1. The van der Waals surface area contributed by atoms with Crippen molar-refractivity contribution in [3.63, 3.8) is 0 Å². The zero-order valence-electron chi connectivity index (χ0n) is 15.3. The largest absolute Gasteiger partial charge is 0.393 e. The van der Waals surface area contributed by atoms with Crippen LogP contribution < -0.4 is 0 Å². The number of rotatable bonds is 0. The highest BCUT2D eigenvalue weighted by atomic mass is 16.3. The second-order valence-electron chi connectivity index (χ2n) is 9.92. The molecular formula is C21H31NO2. The number of fused-ring (bicyclic) bond motifs is 5. The number of carbonyl (C=O) groups is 1. The van der Waals surface area contributed by atoms with Crippen molar-refractivity contribution in [1.29, 1.82) is 5.26 Å². The van der Waals surface area contributed by atoms with Crippen molar-refractivity contribution in [2.24, 2.45) is 46.3 Å². The van der Waals surface area contributed by atoms with Gasteiger partial charge in [0.1, 0.15) is 5.78 Å². The number of aliphatic hydroxyl groups excluding tert-OH is 1. The third-order valence-electron chi connectivity index (χ3n) is 8.85. The van der Waals surface area contributed by atoms with Gasteiger partial charge in [-0.05, 0) is 73.0 Å².